The van der Waals surface area contributed by atoms with Gasteiger partial charge in [-0.15, -0.1) is 0 Å². The molecule has 0 N–H and O–H groups in total. The van der Waals surface area contributed by atoms with E-state index >= 15 is 0 Å². The van der Waals surface area contributed by atoms with Crippen LogP contribution >= 0.6 is 0 Å². The summed E-state index contributed by atoms with van der Waals surface area (Å²) in [4.78, 5) is 0. The minimum atomic E-state index is -1.39. The third-order valence-electron chi connectivity index (χ3n) is 5.13. The molecule has 0 amide bonds. The van der Waals surface area contributed by atoms with Crippen LogP contribution in [0.15, 0.2) is 79.0 Å². The lowest BCUT2D eigenvalue weighted by molar-refractivity contribution is 0.411. The van der Waals surface area contributed by atoms with Crippen molar-refractivity contribution < 1.29 is 2.74 Å². The Kier molecular flexibility index (Phi) is 4.69. The summed E-state index contributed by atoms with van der Waals surface area (Å²) in [7, 11) is 0. The fourth-order valence-corrected chi connectivity index (χ4v) is 3.92. The monoisotopic (exact) mass is 396 g/mol. The van der Waals surface area contributed by atoms with E-state index in [1.165, 1.54) is 16.7 Å². The number of rotatable bonds is 4. The third kappa shape index (κ3) is 4.38. The predicted molar refractivity (Wildman–Crippen MR) is 127 cm³/mol. The van der Waals surface area contributed by atoms with E-state index in [0.29, 0.717) is 5.56 Å². The quantitative estimate of drug-likeness (QED) is 0.351. The normalized spacial score (nSPS) is 13.1. The number of hydrogen-bond donors (Lipinski definition) is 0. The van der Waals surface area contributed by atoms with Crippen LogP contribution < -0.4 is 0 Å². The topological polar surface area (TPSA) is 17.8 Å². The van der Waals surface area contributed by atoms with Gasteiger partial charge in [0.1, 0.15) is 0 Å². The zero-order valence-corrected chi connectivity index (χ0v) is 18.4. The highest BCUT2D eigenvalue weighted by Crippen LogP contribution is 2.32. The van der Waals surface area contributed by atoms with Crippen LogP contribution in [-0.2, 0) is 6.37 Å². The highest BCUT2D eigenvalue weighted by atomic mass is 15.3. The highest BCUT2D eigenvalue weighted by molar-refractivity contribution is 5.75. The Morgan fingerprint density at radius 2 is 1.47 bits per heavy atom. The molecule has 2 heteroatoms. The molecule has 30 heavy (non-hydrogen) atoms. The lowest BCUT2D eigenvalue weighted by atomic mass is 9.87. The first-order valence-corrected chi connectivity index (χ1v) is 10.4. The minimum Gasteiger partial charge on any atom is -0.240 e. The largest absolute Gasteiger partial charge is 0.240 e. The molecule has 1 aromatic heterocycles. The van der Waals surface area contributed by atoms with Crippen LogP contribution in [0.4, 0.5) is 0 Å². The molecule has 0 fully saturated rings. The summed E-state index contributed by atoms with van der Waals surface area (Å²) in [6.07, 6.45) is 0.599. The number of para-hydroxylation sites is 1. The maximum atomic E-state index is 8.52. The van der Waals surface area contributed by atoms with Gasteiger partial charge in [-0.05, 0) is 83.8 Å². The lowest BCUT2D eigenvalue weighted by Gasteiger charge is -2.18. The molecule has 3 aromatic carbocycles. The Bertz CT molecular complexity index is 1210. The van der Waals surface area contributed by atoms with Crippen molar-refractivity contribution in [1.29, 1.82) is 0 Å². The zero-order chi connectivity index (χ0) is 23.1. The Hall–Kier alpha value is -3.13. The Morgan fingerprint density at radius 1 is 0.833 bits per heavy atom. The van der Waals surface area contributed by atoms with E-state index in [4.69, 9.17) is 7.84 Å². The summed E-state index contributed by atoms with van der Waals surface area (Å²) in [6.45, 7) is 10.1. The zero-order valence-electron chi connectivity index (χ0n) is 20.4. The number of aromatic nitrogens is 2. The molecule has 152 valence electrons. The SMILES string of the molecule is [2H]C([2H])(c1ccc(-c2c(C)cc(-c3ccn(-c4ccccc4)n3)cc2C)cc1)C(C)(C)C. The van der Waals surface area contributed by atoms with Crippen LogP contribution in [0.3, 0.4) is 0 Å². The third-order valence-corrected chi connectivity index (χ3v) is 5.13. The second kappa shape index (κ2) is 7.95. The van der Waals surface area contributed by atoms with Gasteiger partial charge in [0.25, 0.3) is 0 Å². The number of hydrogen-bond acceptors (Lipinski definition) is 1. The molecule has 4 rings (SSSR count). The van der Waals surface area contributed by atoms with E-state index in [2.05, 4.69) is 26.0 Å². The molecule has 0 aliphatic rings. The van der Waals surface area contributed by atoms with Gasteiger partial charge in [0, 0.05) is 14.5 Å². The standard InChI is InChI=1S/C28H30N2/c1-20-17-24(26-15-16-30(29-26)25-9-7-6-8-10-25)18-21(2)27(20)23-13-11-22(12-14-23)19-28(3,4)5/h6-18H,19H2,1-5H3/i19D2. The van der Waals surface area contributed by atoms with Gasteiger partial charge in [-0.25, -0.2) is 4.68 Å². The average Bonchev–Trinajstić information content (AvgIpc) is 3.24. The molecule has 0 unspecified atom stereocenters. The molecule has 2 nitrogen and oxygen atoms in total. The van der Waals surface area contributed by atoms with Crippen LogP contribution in [0.2, 0.25) is 0 Å². The first-order valence-electron chi connectivity index (χ1n) is 11.4. The van der Waals surface area contributed by atoms with Gasteiger partial charge in [0.15, 0.2) is 0 Å². The van der Waals surface area contributed by atoms with Gasteiger partial charge in [-0.3, -0.25) is 0 Å². The van der Waals surface area contributed by atoms with Crippen LogP contribution in [0.5, 0.6) is 0 Å². The van der Waals surface area contributed by atoms with Crippen molar-refractivity contribution >= 4 is 0 Å². The van der Waals surface area contributed by atoms with Crippen molar-refractivity contribution in [1.82, 2.24) is 9.78 Å². The van der Waals surface area contributed by atoms with E-state index in [1.807, 2.05) is 92.3 Å². The molecule has 0 atom stereocenters. The number of benzene rings is 3. The van der Waals surface area contributed by atoms with Crippen molar-refractivity contribution in [3.8, 4) is 28.1 Å². The summed E-state index contributed by atoms with van der Waals surface area (Å²) in [5, 5.41) is 4.77. The molecule has 0 aliphatic carbocycles. The maximum absolute atomic E-state index is 8.52. The highest BCUT2D eigenvalue weighted by Gasteiger charge is 2.13. The van der Waals surface area contributed by atoms with Gasteiger partial charge in [0.2, 0.25) is 0 Å². The van der Waals surface area contributed by atoms with Crippen molar-refractivity contribution in [3.05, 3.63) is 95.7 Å². The van der Waals surface area contributed by atoms with Gasteiger partial charge >= 0.3 is 0 Å². The van der Waals surface area contributed by atoms with Gasteiger partial charge < -0.3 is 0 Å². The molecule has 4 aromatic rings. The molecule has 0 radical (unpaired) electrons. The smallest absolute Gasteiger partial charge is 0.0927 e. The Morgan fingerprint density at radius 3 is 2.07 bits per heavy atom. The lowest BCUT2D eigenvalue weighted by Crippen LogP contribution is -2.08. The Labute approximate surface area is 183 Å². The van der Waals surface area contributed by atoms with Crippen molar-refractivity contribution in [2.75, 3.05) is 0 Å². The van der Waals surface area contributed by atoms with E-state index in [1.54, 1.807) is 0 Å². The van der Waals surface area contributed by atoms with Crippen molar-refractivity contribution in [2.24, 2.45) is 5.41 Å². The molecule has 0 bridgehead atoms. The number of nitrogens with zero attached hydrogens (tertiary/aromatic N) is 2. The van der Waals surface area contributed by atoms with Crippen LogP contribution in [-0.4, -0.2) is 9.78 Å². The fourth-order valence-electron chi connectivity index (χ4n) is 3.92. The van der Waals surface area contributed by atoms with E-state index < -0.39 is 11.8 Å². The van der Waals surface area contributed by atoms with Gasteiger partial charge in [-0.1, -0.05) is 63.2 Å². The fraction of sp³-hybridized carbons (Fsp3) is 0.250. The molecule has 0 spiro atoms. The van der Waals surface area contributed by atoms with Crippen LogP contribution in [0.1, 0.15) is 40.2 Å². The molecule has 1 heterocycles. The molecular formula is C28H30N2. The first kappa shape index (κ1) is 17.7. The van der Waals surface area contributed by atoms with E-state index in [-0.39, 0.29) is 0 Å². The molecule has 0 saturated heterocycles. The van der Waals surface area contributed by atoms with Crippen LogP contribution in [0, 0.1) is 19.3 Å². The van der Waals surface area contributed by atoms with Crippen molar-refractivity contribution in [3.63, 3.8) is 0 Å². The van der Waals surface area contributed by atoms with Crippen molar-refractivity contribution in [2.45, 2.75) is 41.0 Å². The summed E-state index contributed by atoms with van der Waals surface area (Å²) < 4.78 is 18.9. The molecule has 0 saturated carbocycles. The first-order chi connectivity index (χ1) is 15.1. The van der Waals surface area contributed by atoms with Gasteiger partial charge in [-0.2, -0.15) is 5.10 Å². The second-order valence-corrected chi connectivity index (χ2v) is 8.92. The summed E-state index contributed by atoms with van der Waals surface area (Å²) in [6, 6.07) is 24.5. The predicted octanol–water partition coefficient (Wildman–Crippen LogP) is 7.41. The van der Waals surface area contributed by atoms with Gasteiger partial charge in [0.05, 0.1) is 11.4 Å². The molecule has 0 aliphatic heterocycles. The summed E-state index contributed by atoms with van der Waals surface area (Å²) >= 11 is 0. The Balaban J connectivity index is 1.66. The maximum Gasteiger partial charge on any atom is 0.0927 e. The molecular weight excluding hydrogens is 364 g/mol. The number of aryl methyl sites for hydroxylation is 2. The van der Waals surface area contributed by atoms with Crippen LogP contribution in [0.25, 0.3) is 28.1 Å². The second-order valence-electron chi connectivity index (χ2n) is 8.92. The minimum absolute atomic E-state index is 0.467. The summed E-state index contributed by atoms with van der Waals surface area (Å²) in [5.41, 5.74) is 7.99. The van der Waals surface area contributed by atoms with E-state index in [9.17, 15) is 0 Å². The summed E-state index contributed by atoms with van der Waals surface area (Å²) in [5.74, 6) is 0. The van der Waals surface area contributed by atoms with E-state index in [0.717, 1.165) is 22.5 Å². The average molecular weight is 397 g/mol.